The maximum atomic E-state index is 12.6. The minimum absolute atomic E-state index is 0. The summed E-state index contributed by atoms with van der Waals surface area (Å²) in [5, 5.41) is 39.7. The minimum Gasteiger partial charge on any atom is -0.459 e. The summed E-state index contributed by atoms with van der Waals surface area (Å²) in [6.45, 7) is 9.08. The van der Waals surface area contributed by atoms with Crippen LogP contribution in [0.15, 0.2) is 60.7 Å². The molecule has 6 N–H and O–H groups in total. The molecule has 2 heterocycles. The maximum Gasteiger partial charge on any atom is 0.341 e. The Morgan fingerprint density at radius 1 is 0.577 bits per heavy atom. The second-order valence-electron chi connectivity index (χ2n) is 12.7. The number of benzene rings is 2. The second kappa shape index (κ2) is 21.0. The Morgan fingerprint density at radius 2 is 0.962 bits per heavy atom. The number of aryl methyl sites for hydroxylation is 3. The fourth-order valence-corrected chi connectivity index (χ4v) is 5.46. The molecule has 0 aliphatic carbocycles. The fourth-order valence-electron chi connectivity index (χ4n) is 5.46. The third kappa shape index (κ3) is 12.8. The van der Waals surface area contributed by atoms with E-state index in [4.69, 9.17) is 15.2 Å². The van der Waals surface area contributed by atoms with Crippen molar-refractivity contribution in [3.8, 4) is 0 Å². The van der Waals surface area contributed by atoms with Gasteiger partial charge in [-0.25, -0.2) is 9.59 Å². The van der Waals surface area contributed by atoms with E-state index in [9.17, 15) is 39.6 Å². The van der Waals surface area contributed by atoms with E-state index in [1.54, 1.807) is 56.4 Å². The zero-order chi connectivity index (χ0) is 37.1. The smallest absolute Gasteiger partial charge is 0.341 e. The number of anilines is 1. The lowest BCUT2D eigenvalue weighted by Gasteiger charge is -2.17. The average Bonchev–Trinajstić information content (AvgIpc) is 3.02. The van der Waals surface area contributed by atoms with Crippen molar-refractivity contribution in [2.45, 2.75) is 112 Å². The molecular weight excluding hydrogens is 666 g/mol. The molecule has 2 aromatic rings. The van der Waals surface area contributed by atoms with E-state index >= 15 is 0 Å². The number of carbonyl (C=O) groups is 4. The number of cyclic esters (lactones) is 2. The van der Waals surface area contributed by atoms with Crippen LogP contribution < -0.4 is 5.73 Å². The Hall–Kier alpha value is -4.68. The first-order valence-electron chi connectivity index (χ1n) is 16.5. The average molecular weight is 722 g/mol. The van der Waals surface area contributed by atoms with Gasteiger partial charge >= 0.3 is 11.9 Å². The highest BCUT2D eigenvalue weighted by atomic mass is 16.5. The molecule has 0 amide bonds. The van der Waals surface area contributed by atoms with Gasteiger partial charge in [-0.15, -0.1) is 0 Å². The first-order valence-corrected chi connectivity index (χ1v) is 16.5. The molecule has 11 nitrogen and oxygen atoms in total. The van der Waals surface area contributed by atoms with Crippen molar-refractivity contribution < 1.29 is 49.1 Å². The number of fused-ring (bicyclic) bond motifs is 2. The van der Waals surface area contributed by atoms with E-state index in [1.807, 2.05) is 32.9 Å². The SMILES string of the molecule is C.C.Cc1cc(C)c2c(c1)C=CC[C@H](O)[C@H](O)C(=O)/C=C\C[C@H](C)OC2=O.Cc1cc(N)c2c(c1)C=CC[C@H](O)[C@H](O)C(=O)/C=C\C[C@H](C)OC2=O. The predicted molar refractivity (Wildman–Crippen MR) is 204 cm³/mol. The summed E-state index contributed by atoms with van der Waals surface area (Å²) in [4.78, 5) is 48.7. The van der Waals surface area contributed by atoms with Crippen molar-refractivity contribution in [1.82, 2.24) is 0 Å². The third-order valence-corrected chi connectivity index (χ3v) is 8.04. The van der Waals surface area contributed by atoms with E-state index in [-0.39, 0.29) is 33.3 Å². The van der Waals surface area contributed by atoms with E-state index in [0.29, 0.717) is 35.2 Å². The van der Waals surface area contributed by atoms with Crippen LogP contribution in [0, 0.1) is 20.8 Å². The number of carbonyl (C=O) groups excluding carboxylic acids is 4. The van der Waals surface area contributed by atoms with Crippen molar-refractivity contribution in [2.75, 3.05) is 5.73 Å². The molecule has 284 valence electrons. The highest BCUT2D eigenvalue weighted by molar-refractivity contribution is 5.99. The standard InChI is InChI=1S/C20H24O5.C19H23NO5.2CH4/c1-12-10-13(2)18-15(11-12)7-5-9-17(22)19(23)16(21)8-4-6-14(3)25-20(18)24;1-11-9-13-6-4-8-16(22)18(23)15(21)7-3-5-12(2)25-19(24)17(13)14(20)10-11;;/h4-5,7-8,10-11,14,17,19,22-23H,6,9H2,1-3H3;3-4,6-7,9-10,12,16,18,22-23H,5,8,20H2,1-2H3;2*1H4/b7-5?,8-4-;6-4?,7-3-;;/t14-,17-,19+;12-,16-,18+;;/m00../s1. The van der Waals surface area contributed by atoms with Gasteiger partial charge in [0.15, 0.2) is 11.6 Å². The minimum atomic E-state index is -1.50. The van der Waals surface area contributed by atoms with Gasteiger partial charge in [0.1, 0.15) is 24.4 Å². The van der Waals surface area contributed by atoms with Gasteiger partial charge in [0, 0.05) is 18.5 Å². The molecule has 2 aliphatic heterocycles. The quantitative estimate of drug-likeness (QED) is 0.169. The van der Waals surface area contributed by atoms with Crippen molar-refractivity contribution in [3.05, 3.63) is 99.7 Å². The largest absolute Gasteiger partial charge is 0.459 e. The lowest BCUT2D eigenvalue weighted by Crippen LogP contribution is -2.32. The molecular formula is C41H55NO10. The molecule has 0 spiro atoms. The molecule has 0 bridgehead atoms. The van der Waals surface area contributed by atoms with E-state index in [2.05, 4.69) is 0 Å². The number of rotatable bonds is 0. The Labute approximate surface area is 307 Å². The van der Waals surface area contributed by atoms with Gasteiger partial charge in [-0.1, -0.05) is 75.1 Å². The zero-order valence-corrected chi connectivity index (χ0v) is 29.0. The van der Waals surface area contributed by atoms with Crippen LogP contribution in [0.25, 0.3) is 12.2 Å². The molecule has 0 unspecified atom stereocenters. The molecule has 2 aromatic carbocycles. The van der Waals surface area contributed by atoms with Gasteiger partial charge in [-0.2, -0.15) is 0 Å². The lowest BCUT2D eigenvalue weighted by atomic mass is 9.97. The van der Waals surface area contributed by atoms with Gasteiger partial charge in [0.25, 0.3) is 0 Å². The third-order valence-electron chi connectivity index (χ3n) is 8.04. The molecule has 6 atom stereocenters. The number of nitrogens with two attached hydrogens (primary N) is 1. The van der Waals surface area contributed by atoms with Crippen molar-refractivity contribution >= 4 is 41.3 Å². The second-order valence-corrected chi connectivity index (χ2v) is 12.7. The van der Waals surface area contributed by atoms with Crippen LogP contribution in [-0.2, 0) is 19.1 Å². The number of aliphatic hydroxyl groups is 4. The van der Waals surface area contributed by atoms with Crippen LogP contribution in [0.2, 0.25) is 0 Å². The number of hydrogen-bond donors (Lipinski definition) is 5. The van der Waals surface area contributed by atoms with Gasteiger partial charge in [-0.05, 0) is 87.9 Å². The van der Waals surface area contributed by atoms with Crippen LogP contribution in [0.1, 0.15) is 103 Å². The van der Waals surface area contributed by atoms with Crippen LogP contribution in [0.4, 0.5) is 5.69 Å². The molecule has 2 aliphatic rings. The lowest BCUT2D eigenvalue weighted by molar-refractivity contribution is -0.128. The van der Waals surface area contributed by atoms with Crippen molar-refractivity contribution in [2.24, 2.45) is 0 Å². The highest BCUT2D eigenvalue weighted by Crippen LogP contribution is 2.25. The maximum absolute atomic E-state index is 12.6. The van der Waals surface area contributed by atoms with Crippen molar-refractivity contribution in [3.63, 3.8) is 0 Å². The molecule has 52 heavy (non-hydrogen) atoms. The first kappa shape index (κ1) is 45.3. The normalized spacial score (nSPS) is 25.5. The van der Waals surface area contributed by atoms with Crippen LogP contribution >= 0.6 is 0 Å². The number of nitrogen functional groups attached to an aromatic ring is 1. The van der Waals surface area contributed by atoms with Crippen LogP contribution in [-0.4, -0.2) is 80.6 Å². The van der Waals surface area contributed by atoms with E-state index in [1.165, 1.54) is 18.2 Å². The highest BCUT2D eigenvalue weighted by Gasteiger charge is 2.24. The van der Waals surface area contributed by atoms with E-state index in [0.717, 1.165) is 16.7 Å². The molecule has 11 heteroatoms. The Bertz CT molecular complexity index is 1570. The number of aliphatic hydroxyl groups excluding tert-OH is 4. The number of esters is 2. The molecule has 0 saturated carbocycles. The topological polar surface area (TPSA) is 194 Å². The van der Waals surface area contributed by atoms with Crippen LogP contribution in [0.3, 0.4) is 0 Å². The summed E-state index contributed by atoms with van der Waals surface area (Å²) >= 11 is 0. The van der Waals surface area contributed by atoms with Gasteiger partial charge in [-0.3, -0.25) is 9.59 Å². The molecule has 4 rings (SSSR count). The van der Waals surface area contributed by atoms with Gasteiger partial charge < -0.3 is 35.6 Å². The summed E-state index contributed by atoms with van der Waals surface area (Å²) in [5.41, 5.74) is 11.0. The number of ether oxygens (including phenoxy) is 2. The van der Waals surface area contributed by atoms with Gasteiger partial charge in [0.2, 0.25) is 0 Å². The Kier molecular flexibility index (Phi) is 18.3. The van der Waals surface area contributed by atoms with Crippen LogP contribution in [0.5, 0.6) is 0 Å². The summed E-state index contributed by atoms with van der Waals surface area (Å²) in [7, 11) is 0. The molecule has 0 aromatic heterocycles. The predicted octanol–water partition coefficient (Wildman–Crippen LogP) is 5.55. The fraction of sp³-hybridized carbons (Fsp3) is 0.415. The Balaban J connectivity index is 0.000000501. The molecule has 0 fully saturated rings. The number of ketones is 2. The summed E-state index contributed by atoms with van der Waals surface area (Å²) < 4.78 is 10.9. The van der Waals surface area contributed by atoms with Crippen molar-refractivity contribution in [1.29, 1.82) is 0 Å². The monoisotopic (exact) mass is 721 g/mol. The summed E-state index contributed by atoms with van der Waals surface area (Å²) in [6, 6.07) is 7.26. The van der Waals surface area contributed by atoms with Gasteiger partial charge in [0.05, 0.1) is 23.3 Å². The molecule has 0 radical (unpaired) electrons. The first-order chi connectivity index (χ1) is 23.6. The van der Waals surface area contributed by atoms with E-state index < -0.39 is 60.1 Å². The summed E-state index contributed by atoms with van der Waals surface area (Å²) in [5.74, 6) is -2.11. The number of hydrogen-bond acceptors (Lipinski definition) is 11. The zero-order valence-electron chi connectivity index (χ0n) is 29.0. The summed E-state index contributed by atoms with van der Waals surface area (Å²) in [6.07, 6.45) is 6.55. The Morgan fingerprint density at radius 3 is 1.42 bits per heavy atom. The molecule has 0 saturated heterocycles.